The maximum Gasteiger partial charge on any atom is 0.573 e. The lowest BCUT2D eigenvalue weighted by Gasteiger charge is -2.34. The fraction of sp³-hybridized carbons (Fsp3) is 0.312. The first-order valence-corrected chi connectivity index (χ1v) is 7.59. The second kappa shape index (κ2) is 6.96. The van der Waals surface area contributed by atoms with E-state index < -0.39 is 6.36 Å². The number of aromatic nitrogens is 2. The molecule has 0 N–H and O–H groups in total. The summed E-state index contributed by atoms with van der Waals surface area (Å²) in [7, 11) is 0. The van der Waals surface area contributed by atoms with Gasteiger partial charge in [-0.3, -0.25) is 4.79 Å². The quantitative estimate of drug-likeness (QED) is 0.849. The molecule has 1 aliphatic heterocycles. The largest absolute Gasteiger partial charge is 0.573 e. The lowest BCUT2D eigenvalue weighted by Crippen LogP contribution is -2.49. The van der Waals surface area contributed by atoms with Gasteiger partial charge in [0.1, 0.15) is 5.75 Å². The minimum absolute atomic E-state index is 0.229. The van der Waals surface area contributed by atoms with Crippen molar-refractivity contribution < 1.29 is 22.7 Å². The number of rotatable bonds is 3. The van der Waals surface area contributed by atoms with Gasteiger partial charge in [0.2, 0.25) is 5.95 Å². The molecule has 1 amide bonds. The minimum Gasteiger partial charge on any atom is -0.406 e. The molecule has 3 rings (SSSR count). The number of carbonyl (C=O) groups excluding carboxylic acids is 1. The molecule has 132 valence electrons. The molecule has 1 saturated heterocycles. The number of ether oxygens (including phenoxy) is 1. The Balaban J connectivity index is 1.59. The van der Waals surface area contributed by atoms with Crippen LogP contribution in [0.2, 0.25) is 0 Å². The molecule has 0 unspecified atom stereocenters. The fourth-order valence-electron chi connectivity index (χ4n) is 2.55. The molecular formula is C16H15F3N4O2. The van der Waals surface area contributed by atoms with Gasteiger partial charge in [-0.15, -0.1) is 13.2 Å². The van der Waals surface area contributed by atoms with E-state index in [0.29, 0.717) is 37.7 Å². The first kappa shape index (κ1) is 17.0. The van der Waals surface area contributed by atoms with Crippen LogP contribution in [0.25, 0.3) is 0 Å². The molecule has 9 heteroatoms. The van der Waals surface area contributed by atoms with Crippen molar-refractivity contribution in [2.45, 2.75) is 6.36 Å². The van der Waals surface area contributed by atoms with Crippen LogP contribution in [-0.4, -0.2) is 53.3 Å². The van der Waals surface area contributed by atoms with Crippen LogP contribution in [0.5, 0.6) is 5.75 Å². The van der Waals surface area contributed by atoms with Gasteiger partial charge in [-0.25, -0.2) is 9.97 Å². The van der Waals surface area contributed by atoms with Gasteiger partial charge in [0.25, 0.3) is 5.91 Å². The molecule has 1 aromatic carbocycles. The van der Waals surface area contributed by atoms with E-state index in [-0.39, 0.29) is 11.7 Å². The Bertz CT molecular complexity index is 714. The van der Waals surface area contributed by atoms with Crippen LogP contribution < -0.4 is 9.64 Å². The van der Waals surface area contributed by atoms with Crippen LogP contribution in [-0.2, 0) is 0 Å². The predicted molar refractivity (Wildman–Crippen MR) is 83.3 cm³/mol. The zero-order chi connectivity index (χ0) is 17.9. The Morgan fingerprint density at radius 1 is 1.00 bits per heavy atom. The van der Waals surface area contributed by atoms with Gasteiger partial charge >= 0.3 is 6.36 Å². The maximum absolute atomic E-state index is 12.5. The van der Waals surface area contributed by atoms with Gasteiger partial charge in [0.05, 0.1) is 0 Å². The molecule has 0 spiro atoms. The van der Waals surface area contributed by atoms with Gasteiger partial charge < -0.3 is 14.5 Å². The number of benzene rings is 1. The summed E-state index contributed by atoms with van der Waals surface area (Å²) in [6.07, 6.45) is -1.43. The highest BCUT2D eigenvalue weighted by molar-refractivity contribution is 5.94. The van der Waals surface area contributed by atoms with Crippen molar-refractivity contribution in [1.82, 2.24) is 14.9 Å². The van der Waals surface area contributed by atoms with E-state index in [1.54, 1.807) is 23.4 Å². The van der Waals surface area contributed by atoms with Gasteiger partial charge in [-0.1, -0.05) is 0 Å². The Kier molecular flexibility index (Phi) is 4.73. The van der Waals surface area contributed by atoms with E-state index in [4.69, 9.17) is 0 Å². The highest BCUT2D eigenvalue weighted by atomic mass is 19.4. The van der Waals surface area contributed by atoms with Crippen molar-refractivity contribution in [1.29, 1.82) is 0 Å². The number of amides is 1. The van der Waals surface area contributed by atoms with Crippen molar-refractivity contribution in [3.63, 3.8) is 0 Å². The normalized spacial score (nSPS) is 15.2. The first-order chi connectivity index (χ1) is 11.9. The van der Waals surface area contributed by atoms with Crippen LogP contribution in [0.3, 0.4) is 0 Å². The molecule has 0 saturated carbocycles. The lowest BCUT2D eigenvalue weighted by molar-refractivity contribution is -0.274. The van der Waals surface area contributed by atoms with E-state index in [0.717, 1.165) is 12.1 Å². The molecule has 2 heterocycles. The smallest absolute Gasteiger partial charge is 0.406 e. The number of piperazine rings is 1. The number of hydrogen-bond acceptors (Lipinski definition) is 5. The number of halogens is 3. The average molecular weight is 352 g/mol. The van der Waals surface area contributed by atoms with Crippen molar-refractivity contribution in [3.05, 3.63) is 48.3 Å². The zero-order valence-electron chi connectivity index (χ0n) is 13.1. The van der Waals surface area contributed by atoms with Crippen molar-refractivity contribution in [2.75, 3.05) is 31.1 Å². The van der Waals surface area contributed by atoms with Gasteiger partial charge in [-0.05, 0) is 30.3 Å². The van der Waals surface area contributed by atoms with E-state index in [1.165, 1.54) is 12.1 Å². The fourth-order valence-corrected chi connectivity index (χ4v) is 2.55. The Labute approximate surface area is 141 Å². The van der Waals surface area contributed by atoms with Crippen molar-refractivity contribution in [3.8, 4) is 5.75 Å². The zero-order valence-corrected chi connectivity index (χ0v) is 13.1. The molecule has 0 bridgehead atoms. The predicted octanol–water partition coefficient (Wildman–Crippen LogP) is 2.34. The number of anilines is 1. The number of alkyl halides is 3. The summed E-state index contributed by atoms with van der Waals surface area (Å²) in [6, 6.07) is 6.66. The summed E-state index contributed by atoms with van der Waals surface area (Å²) >= 11 is 0. The minimum atomic E-state index is -4.75. The van der Waals surface area contributed by atoms with Crippen molar-refractivity contribution in [2.24, 2.45) is 0 Å². The van der Waals surface area contributed by atoms with E-state index in [1.807, 2.05) is 4.90 Å². The summed E-state index contributed by atoms with van der Waals surface area (Å²) in [5.74, 6) is 0.0329. The standard InChI is InChI=1S/C16H15F3N4O2/c17-16(18,19)25-13-4-2-12(3-5-13)14(24)22-8-10-23(11-9-22)15-20-6-1-7-21-15/h1-7H,8-11H2. The molecule has 0 atom stereocenters. The van der Waals surface area contributed by atoms with E-state index in [2.05, 4.69) is 14.7 Å². The second-order valence-corrected chi connectivity index (χ2v) is 5.40. The molecule has 1 fully saturated rings. The Morgan fingerprint density at radius 3 is 2.16 bits per heavy atom. The third-order valence-electron chi connectivity index (χ3n) is 3.74. The molecule has 0 radical (unpaired) electrons. The average Bonchev–Trinajstić information content (AvgIpc) is 2.61. The van der Waals surface area contributed by atoms with Crippen LogP contribution in [0.1, 0.15) is 10.4 Å². The van der Waals surface area contributed by atoms with E-state index >= 15 is 0 Å². The molecule has 0 aliphatic carbocycles. The molecular weight excluding hydrogens is 337 g/mol. The van der Waals surface area contributed by atoms with Crippen LogP contribution in [0, 0.1) is 0 Å². The van der Waals surface area contributed by atoms with E-state index in [9.17, 15) is 18.0 Å². The van der Waals surface area contributed by atoms with Crippen LogP contribution in [0.15, 0.2) is 42.7 Å². The summed E-state index contributed by atoms with van der Waals surface area (Å²) in [5.41, 5.74) is 0.318. The summed E-state index contributed by atoms with van der Waals surface area (Å²) in [4.78, 5) is 24.4. The van der Waals surface area contributed by atoms with Crippen LogP contribution in [0.4, 0.5) is 19.1 Å². The number of hydrogen-bond donors (Lipinski definition) is 0. The third-order valence-corrected chi connectivity index (χ3v) is 3.74. The summed E-state index contributed by atoms with van der Waals surface area (Å²) in [5, 5.41) is 0. The lowest BCUT2D eigenvalue weighted by atomic mass is 10.1. The van der Waals surface area contributed by atoms with Gasteiger partial charge in [0.15, 0.2) is 0 Å². The van der Waals surface area contributed by atoms with Crippen molar-refractivity contribution >= 4 is 11.9 Å². The van der Waals surface area contributed by atoms with Gasteiger partial charge in [0, 0.05) is 44.1 Å². The Morgan fingerprint density at radius 2 is 1.60 bits per heavy atom. The Hall–Kier alpha value is -2.84. The third kappa shape index (κ3) is 4.37. The monoisotopic (exact) mass is 352 g/mol. The topological polar surface area (TPSA) is 58.6 Å². The molecule has 1 aromatic heterocycles. The maximum atomic E-state index is 12.5. The van der Waals surface area contributed by atoms with Gasteiger partial charge in [-0.2, -0.15) is 0 Å². The molecule has 2 aromatic rings. The molecule has 1 aliphatic rings. The van der Waals surface area contributed by atoms with Crippen LogP contribution >= 0.6 is 0 Å². The number of nitrogens with zero attached hydrogens (tertiary/aromatic N) is 4. The highest BCUT2D eigenvalue weighted by Gasteiger charge is 2.31. The second-order valence-electron chi connectivity index (χ2n) is 5.40. The summed E-state index contributed by atoms with van der Waals surface area (Å²) in [6.45, 7) is 2.14. The highest BCUT2D eigenvalue weighted by Crippen LogP contribution is 2.23. The summed E-state index contributed by atoms with van der Waals surface area (Å²) < 4.78 is 40.3. The number of carbonyl (C=O) groups is 1. The first-order valence-electron chi connectivity index (χ1n) is 7.59. The molecule has 25 heavy (non-hydrogen) atoms. The molecule has 6 nitrogen and oxygen atoms in total. The SMILES string of the molecule is O=C(c1ccc(OC(F)(F)F)cc1)N1CCN(c2ncccn2)CC1.